The molecular weight excluding hydrogens is 260 g/mol. The van der Waals surface area contributed by atoms with Crippen LogP contribution in [0.3, 0.4) is 0 Å². The molecule has 0 amide bonds. The number of nitrogens with one attached hydrogen (secondary N) is 1. The summed E-state index contributed by atoms with van der Waals surface area (Å²) in [7, 11) is 1.78. The summed E-state index contributed by atoms with van der Waals surface area (Å²) in [5.74, 6) is 1.01. The van der Waals surface area contributed by atoms with Crippen molar-refractivity contribution < 1.29 is 4.74 Å². The summed E-state index contributed by atoms with van der Waals surface area (Å²) in [5, 5.41) is 3.61. The Hall–Kier alpha value is -1.22. The van der Waals surface area contributed by atoms with Gasteiger partial charge in [-0.25, -0.2) is 0 Å². The van der Waals surface area contributed by atoms with Crippen LogP contribution in [0.1, 0.15) is 57.6 Å². The van der Waals surface area contributed by atoms with Gasteiger partial charge in [0, 0.05) is 30.4 Å². The molecule has 3 nitrogen and oxygen atoms in total. The fraction of sp³-hybridized carbons (Fsp3) is 0.667. The highest BCUT2D eigenvalue weighted by molar-refractivity contribution is 5.61. The van der Waals surface area contributed by atoms with E-state index in [-0.39, 0.29) is 0 Å². The van der Waals surface area contributed by atoms with Crippen LogP contribution in [0.2, 0.25) is 0 Å². The molecule has 1 fully saturated rings. The second-order valence-electron chi connectivity index (χ2n) is 5.97. The van der Waals surface area contributed by atoms with Crippen LogP contribution < -0.4 is 15.0 Å². The van der Waals surface area contributed by atoms with Crippen molar-refractivity contribution in [3.63, 3.8) is 0 Å². The van der Waals surface area contributed by atoms with Gasteiger partial charge in [-0.1, -0.05) is 25.8 Å². The Bertz CT molecular complexity index is 425. The number of ether oxygens (including phenoxy) is 1. The first-order valence-electron chi connectivity index (χ1n) is 8.43. The van der Waals surface area contributed by atoms with Crippen LogP contribution in [0.15, 0.2) is 18.2 Å². The van der Waals surface area contributed by atoms with Crippen molar-refractivity contribution in [2.75, 3.05) is 31.6 Å². The smallest absolute Gasteiger partial charge is 0.125 e. The Balaban J connectivity index is 2.29. The fourth-order valence-electron chi connectivity index (χ4n) is 3.20. The molecule has 0 spiro atoms. The highest BCUT2D eigenvalue weighted by Crippen LogP contribution is 2.35. The van der Waals surface area contributed by atoms with Crippen LogP contribution in [-0.2, 0) is 0 Å². The third kappa shape index (κ3) is 4.13. The summed E-state index contributed by atoms with van der Waals surface area (Å²) in [6, 6.07) is 6.78. The van der Waals surface area contributed by atoms with Crippen LogP contribution >= 0.6 is 0 Å². The molecule has 0 aromatic heterocycles. The molecule has 0 aliphatic carbocycles. The Morgan fingerprint density at radius 3 is 2.52 bits per heavy atom. The standard InChI is InChI=1S/C18H30N2O/c1-4-12-19-15(2)18-16(10-9-11-17(18)21-3)20-13-7-5-6-8-14-20/h9-11,15,19H,4-8,12-14H2,1-3H3. The normalized spacial score (nSPS) is 17.4. The molecular formula is C18H30N2O. The van der Waals surface area contributed by atoms with E-state index in [0.717, 1.165) is 18.7 Å². The van der Waals surface area contributed by atoms with Gasteiger partial charge in [-0.15, -0.1) is 0 Å². The monoisotopic (exact) mass is 290 g/mol. The van der Waals surface area contributed by atoms with Crippen LogP contribution in [0.25, 0.3) is 0 Å². The molecule has 1 unspecified atom stereocenters. The number of hydrogen-bond donors (Lipinski definition) is 1. The van der Waals surface area contributed by atoms with Crippen LogP contribution in [0, 0.1) is 0 Å². The zero-order chi connectivity index (χ0) is 15.1. The third-order valence-electron chi connectivity index (χ3n) is 4.34. The molecule has 1 aromatic carbocycles. The number of anilines is 1. The SMILES string of the molecule is CCCNC(C)c1c(OC)cccc1N1CCCCCC1. The first kappa shape index (κ1) is 16.2. The molecule has 1 atom stereocenters. The number of benzene rings is 1. The molecule has 1 aromatic rings. The second kappa shape index (κ2) is 8.28. The molecule has 1 N–H and O–H groups in total. The zero-order valence-electron chi connectivity index (χ0n) is 13.8. The lowest BCUT2D eigenvalue weighted by atomic mass is 10.0. The van der Waals surface area contributed by atoms with Crippen molar-refractivity contribution in [2.45, 2.75) is 52.0 Å². The maximum Gasteiger partial charge on any atom is 0.125 e. The predicted molar refractivity (Wildman–Crippen MR) is 90.4 cm³/mol. The first-order valence-corrected chi connectivity index (χ1v) is 8.43. The largest absolute Gasteiger partial charge is 0.496 e. The van der Waals surface area contributed by atoms with E-state index in [0.29, 0.717) is 6.04 Å². The predicted octanol–water partition coefficient (Wildman–Crippen LogP) is 4.14. The van der Waals surface area contributed by atoms with E-state index in [1.54, 1.807) is 7.11 Å². The van der Waals surface area contributed by atoms with Crippen LogP contribution in [0.4, 0.5) is 5.69 Å². The quantitative estimate of drug-likeness (QED) is 0.852. The Kier molecular flexibility index (Phi) is 6.37. The van der Waals surface area contributed by atoms with E-state index in [1.807, 2.05) is 0 Å². The lowest BCUT2D eigenvalue weighted by molar-refractivity contribution is 0.401. The highest BCUT2D eigenvalue weighted by Gasteiger charge is 2.20. The van der Waals surface area contributed by atoms with Gasteiger partial charge in [0.1, 0.15) is 5.75 Å². The molecule has 118 valence electrons. The molecule has 21 heavy (non-hydrogen) atoms. The Morgan fingerprint density at radius 2 is 1.90 bits per heavy atom. The summed E-state index contributed by atoms with van der Waals surface area (Å²) in [6.45, 7) is 7.83. The molecule has 1 heterocycles. The van der Waals surface area contributed by atoms with Crippen molar-refractivity contribution in [3.05, 3.63) is 23.8 Å². The number of methoxy groups -OCH3 is 1. The Morgan fingerprint density at radius 1 is 1.19 bits per heavy atom. The topological polar surface area (TPSA) is 24.5 Å². The van der Waals surface area contributed by atoms with E-state index in [1.165, 1.54) is 50.0 Å². The minimum atomic E-state index is 0.319. The molecule has 1 aliphatic rings. The fourth-order valence-corrected chi connectivity index (χ4v) is 3.20. The number of hydrogen-bond acceptors (Lipinski definition) is 3. The van der Waals surface area contributed by atoms with Crippen molar-refractivity contribution in [3.8, 4) is 5.75 Å². The van der Waals surface area contributed by atoms with E-state index in [4.69, 9.17) is 4.74 Å². The Labute approximate surface area is 129 Å². The van der Waals surface area contributed by atoms with E-state index in [2.05, 4.69) is 42.3 Å². The van der Waals surface area contributed by atoms with Crippen LogP contribution in [0.5, 0.6) is 5.75 Å². The van der Waals surface area contributed by atoms with Crippen molar-refractivity contribution in [1.82, 2.24) is 5.32 Å². The summed E-state index contributed by atoms with van der Waals surface area (Å²) in [4.78, 5) is 2.55. The van der Waals surface area contributed by atoms with Gasteiger partial charge in [-0.05, 0) is 44.9 Å². The molecule has 3 heteroatoms. The molecule has 0 bridgehead atoms. The van der Waals surface area contributed by atoms with Gasteiger partial charge >= 0.3 is 0 Å². The highest BCUT2D eigenvalue weighted by atomic mass is 16.5. The molecule has 2 rings (SSSR count). The lowest BCUT2D eigenvalue weighted by Gasteiger charge is -2.29. The van der Waals surface area contributed by atoms with Gasteiger partial charge in [0.05, 0.1) is 7.11 Å². The second-order valence-corrected chi connectivity index (χ2v) is 5.97. The van der Waals surface area contributed by atoms with Gasteiger partial charge < -0.3 is 15.0 Å². The summed E-state index contributed by atoms with van der Waals surface area (Å²) >= 11 is 0. The molecule has 1 saturated heterocycles. The molecule has 0 radical (unpaired) electrons. The van der Waals surface area contributed by atoms with Gasteiger partial charge in [0.25, 0.3) is 0 Å². The minimum absolute atomic E-state index is 0.319. The average molecular weight is 290 g/mol. The third-order valence-corrected chi connectivity index (χ3v) is 4.34. The van der Waals surface area contributed by atoms with Gasteiger partial charge in [0.15, 0.2) is 0 Å². The summed E-state index contributed by atoms with van der Waals surface area (Å²) < 4.78 is 5.64. The van der Waals surface area contributed by atoms with E-state index < -0.39 is 0 Å². The first-order chi connectivity index (χ1) is 10.3. The minimum Gasteiger partial charge on any atom is -0.496 e. The van der Waals surface area contributed by atoms with E-state index in [9.17, 15) is 0 Å². The zero-order valence-corrected chi connectivity index (χ0v) is 13.8. The van der Waals surface area contributed by atoms with Gasteiger partial charge in [-0.3, -0.25) is 0 Å². The number of rotatable bonds is 6. The molecule has 1 aliphatic heterocycles. The summed E-state index contributed by atoms with van der Waals surface area (Å²) in [5.41, 5.74) is 2.67. The van der Waals surface area contributed by atoms with Crippen LogP contribution in [-0.4, -0.2) is 26.7 Å². The van der Waals surface area contributed by atoms with Gasteiger partial charge in [0.2, 0.25) is 0 Å². The maximum atomic E-state index is 5.64. The van der Waals surface area contributed by atoms with Gasteiger partial charge in [-0.2, -0.15) is 0 Å². The molecule has 0 saturated carbocycles. The van der Waals surface area contributed by atoms with Crippen molar-refractivity contribution in [1.29, 1.82) is 0 Å². The summed E-state index contributed by atoms with van der Waals surface area (Å²) in [6.07, 6.45) is 6.47. The van der Waals surface area contributed by atoms with Crippen molar-refractivity contribution in [2.24, 2.45) is 0 Å². The van der Waals surface area contributed by atoms with Crippen molar-refractivity contribution >= 4 is 5.69 Å². The number of nitrogens with zero attached hydrogens (tertiary/aromatic N) is 1. The maximum absolute atomic E-state index is 5.64. The van der Waals surface area contributed by atoms with E-state index >= 15 is 0 Å². The average Bonchev–Trinajstić information content (AvgIpc) is 2.80. The lowest BCUT2D eigenvalue weighted by Crippen LogP contribution is -2.28.